The van der Waals surface area contributed by atoms with E-state index in [1.807, 2.05) is 24.3 Å². The molecule has 1 N–H and O–H groups in total. The van der Waals surface area contributed by atoms with Gasteiger partial charge in [-0.25, -0.2) is 0 Å². The minimum absolute atomic E-state index is 0.162. The lowest BCUT2D eigenvalue weighted by molar-refractivity contribution is 0.0680. The van der Waals surface area contributed by atoms with Crippen LogP contribution in [0.5, 0.6) is 11.5 Å². The van der Waals surface area contributed by atoms with Gasteiger partial charge in [0.25, 0.3) is 5.91 Å². The maximum atomic E-state index is 12.4. The number of carbonyl (C=O) groups excluding carboxylic acids is 1. The zero-order valence-electron chi connectivity index (χ0n) is 14.6. The van der Waals surface area contributed by atoms with Gasteiger partial charge < -0.3 is 19.5 Å². The molecule has 1 aliphatic rings. The highest BCUT2D eigenvalue weighted by molar-refractivity contribution is 6.04. The number of benzene rings is 2. The number of ether oxygens (including phenoxy) is 3. The van der Waals surface area contributed by atoms with Crippen LogP contribution in [0.1, 0.15) is 23.2 Å². The molecule has 2 aromatic carbocycles. The lowest BCUT2D eigenvalue weighted by atomic mass is 10.2. The molecule has 136 valence electrons. The summed E-state index contributed by atoms with van der Waals surface area (Å²) in [7, 11) is 0. The van der Waals surface area contributed by atoms with Crippen LogP contribution in [0, 0.1) is 0 Å². The van der Waals surface area contributed by atoms with Gasteiger partial charge in [-0.1, -0.05) is 18.7 Å². The van der Waals surface area contributed by atoms with E-state index in [2.05, 4.69) is 11.9 Å². The number of anilines is 1. The van der Waals surface area contributed by atoms with Gasteiger partial charge in [0.1, 0.15) is 24.7 Å². The second-order valence-corrected chi connectivity index (χ2v) is 6.05. The van der Waals surface area contributed by atoms with E-state index in [0.717, 1.165) is 19.4 Å². The molecule has 1 aliphatic heterocycles. The second-order valence-electron chi connectivity index (χ2n) is 6.05. The summed E-state index contributed by atoms with van der Waals surface area (Å²) in [6, 6.07) is 14.4. The Balaban J connectivity index is 1.56. The normalized spacial score (nSPS) is 16.1. The summed E-state index contributed by atoms with van der Waals surface area (Å²) >= 11 is 0. The number of rotatable bonds is 8. The highest BCUT2D eigenvalue weighted by atomic mass is 16.5. The molecule has 1 atom stereocenters. The van der Waals surface area contributed by atoms with E-state index in [9.17, 15) is 4.79 Å². The Kier molecular flexibility index (Phi) is 6.28. The van der Waals surface area contributed by atoms with E-state index in [0.29, 0.717) is 36.0 Å². The molecule has 2 aromatic rings. The van der Waals surface area contributed by atoms with E-state index in [1.165, 1.54) is 0 Å². The predicted molar refractivity (Wildman–Crippen MR) is 101 cm³/mol. The Labute approximate surface area is 153 Å². The van der Waals surface area contributed by atoms with Crippen molar-refractivity contribution in [1.82, 2.24) is 0 Å². The molecule has 0 aliphatic carbocycles. The zero-order valence-corrected chi connectivity index (χ0v) is 14.6. The third kappa shape index (κ3) is 5.10. The molecule has 0 spiro atoms. The summed E-state index contributed by atoms with van der Waals surface area (Å²) in [6.07, 6.45) is 3.95. The number of hydrogen-bond acceptors (Lipinski definition) is 4. The van der Waals surface area contributed by atoms with Crippen LogP contribution in [-0.2, 0) is 4.74 Å². The Morgan fingerprint density at radius 1 is 1.19 bits per heavy atom. The highest BCUT2D eigenvalue weighted by Gasteiger charge is 2.16. The molecule has 1 fully saturated rings. The fraction of sp³-hybridized carbons (Fsp3) is 0.286. The number of hydrogen-bond donors (Lipinski definition) is 1. The van der Waals surface area contributed by atoms with Crippen LogP contribution >= 0.6 is 0 Å². The maximum absolute atomic E-state index is 12.4. The third-order valence-corrected chi connectivity index (χ3v) is 4.04. The van der Waals surface area contributed by atoms with Gasteiger partial charge in [0.2, 0.25) is 0 Å². The zero-order chi connectivity index (χ0) is 18.2. The smallest absolute Gasteiger partial charge is 0.255 e. The van der Waals surface area contributed by atoms with Crippen LogP contribution in [0.25, 0.3) is 0 Å². The average molecular weight is 353 g/mol. The Hall–Kier alpha value is -2.79. The number of nitrogens with one attached hydrogen (secondary N) is 1. The van der Waals surface area contributed by atoms with Crippen LogP contribution < -0.4 is 14.8 Å². The van der Waals surface area contributed by atoms with Crippen molar-refractivity contribution < 1.29 is 19.0 Å². The third-order valence-electron chi connectivity index (χ3n) is 4.04. The molecule has 0 aromatic heterocycles. The molecular formula is C21H23NO4. The number of amides is 1. The van der Waals surface area contributed by atoms with Crippen molar-refractivity contribution in [3.05, 3.63) is 66.7 Å². The molecule has 1 heterocycles. The quantitative estimate of drug-likeness (QED) is 0.727. The summed E-state index contributed by atoms with van der Waals surface area (Å²) in [6.45, 7) is 5.38. The van der Waals surface area contributed by atoms with Crippen molar-refractivity contribution in [2.24, 2.45) is 0 Å². The summed E-state index contributed by atoms with van der Waals surface area (Å²) in [5, 5.41) is 2.88. The molecule has 5 nitrogen and oxygen atoms in total. The Morgan fingerprint density at radius 3 is 2.77 bits per heavy atom. The van der Waals surface area contributed by atoms with E-state index < -0.39 is 0 Å². The first kappa shape index (κ1) is 18.0. The van der Waals surface area contributed by atoms with Crippen molar-refractivity contribution in [3.8, 4) is 11.5 Å². The van der Waals surface area contributed by atoms with Crippen LogP contribution in [0.3, 0.4) is 0 Å². The van der Waals surface area contributed by atoms with Crippen LogP contribution in [0.2, 0.25) is 0 Å². The molecule has 26 heavy (non-hydrogen) atoms. The molecule has 3 rings (SSSR count). The molecular weight excluding hydrogens is 330 g/mol. The van der Waals surface area contributed by atoms with Crippen molar-refractivity contribution >= 4 is 11.6 Å². The topological polar surface area (TPSA) is 56.8 Å². The SMILES string of the molecule is C=CCOc1ccc(C(=O)Nc2cccc(OCC3CCCO3)c2)cc1. The second kappa shape index (κ2) is 9.06. The van der Waals surface area contributed by atoms with Gasteiger partial charge in [-0.15, -0.1) is 0 Å². The van der Waals surface area contributed by atoms with E-state index in [-0.39, 0.29) is 12.0 Å². The fourth-order valence-corrected chi connectivity index (χ4v) is 2.69. The number of carbonyl (C=O) groups is 1. The molecule has 1 unspecified atom stereocenters. The first-order chi connectivity index (χ1) is 12.7. The van der Waals surface area contributed by atoms with E-state index in [1.54, 1.807) is 30.3 Å². The molecule has 5 heteroatoms. The van der Waals surface area contributed by atoms with Gasteiger partial charge in [0, 0.05) is 23.9 Å². The van der Waals surface area contributed by atoms with Gasteiger partial charge in [0.15, 0.2) is 0 Å². The van der Waals surface area contributed by atoms with Gasteiger partial charge in [-0.05, 0) is 49.2 Å². The standard InChI is InChI=1S/C21H23NO4/c1-2-12-24-18-10-8-16(9-11-18)21(23)22-17-5-3-6-19(14-17)26-15-20-7-4-13-25-20/h2-3,5-6,8-11,14,20H,1,4,7,12-13,15H2,(H,22,23). The highest BCUT2D eigenvalue weighted by Crippen LogP contribution is 2.21. The first-order valence-electron chi connectivity index (χ1n) is 8.74. The largest absolute Gasteiger partial charge is 0.491 e. The molecule has 1 amide bonds. The van der Waals surface area contributed by atoms with Crippen LogP contribution in [0.15, 0.2) is 61.2 Å². The molecule has 0 saturated carbocycles. The molecule has 0 bridgehead atoms. The van der Waals surface area contributed by atoms with Gasteiger partial charge in [-0.2, -0.15) is 0 Å². The molecule has 1 saturated heterocycles. The van der Waals surface area contributed by atoms with Crippen LogP contribution in [0.4, 0.5) is 5.69 Å². The maximum Gasteiger partial charge on any atom is 0.255 e. The Bertz CT molecular complexity index is 736. The van der Waals surface area contributed by atoms with Crippen molar-refractivity contribution in [2.45, 2.75) is 18.9 Å². The molecule has 0 radical (unpaired) electrons. The predicted octanol–water partition coefficient (Wildman–Crippen LogP) is 4.06. The first-order valence-corrected chi connectivity index (χ1v) is 8.74. The summed E-state index contributed by atoms with van der Waals surface area (Å²) in [5.41, 5.74) is 1.24. The Morgan fingerprint density at radius 2 is 2.04 bits per heavy atom. The lowest BCUT2D eigenvalue weighted by Crippen LogP contribution is -2.16. The fourth-order valence-electron chi connectivity index (χ4n) is 2.69. The minimum Gasteiger partial charge on any atom is -0.491 e. The van der Waals surface area contributed by atoms with Crippen molar-refractivity contribution in [3.63, 3.8) is 0 Å². The van der Waals surface area contributed by atoms with E-state index >= 15 is 0 Å². The van der Waals surface area contributed by atoms with Gasteiger partial charge in [0.05, 0.1) is 6.10 Å². The van der Waals surface area contributed by atoms with E-state index in [4.69, 9.17) is 14.2 Å². The van der Waals surface area contributed by atoms with Crippen molar-refractivity contribution in [2.75, 3.05) is 25.1 Å². The minimum atomic E-state index is -0.184. The lowest BCUT2D eigenvalue weighted by Gasteiger charge is -2.12. The summed E-state index contributed by atoms with van der Waals surface area (Å²) < 4.78 is 16.7. The van der Waals surface area contributed by atoms with Crippen molar-refractivity contribution in [1.29, 1.82) is 0 Å². The monoisotopic (exact) mass is 353 g/mol. The summed E-state index contributed by atoms with van der Waals surface area (Å²) in [4.78, 5) is 12.4. The summed E-state index contributed by atoms with van der Waals surface area (Å²) in [5.74, 6) is 1.23. The van der Waals surface area contributed by atoms with Gasteiger partial charge >= 0.3 is 0 Å². The van der Waals surface area contributed by atoms with Gasteiger partial charge in [-0.3, -0.25) is 4.79 Å². The average Bonchev–Trinajstić information content (AvgIpc) is 3.19. The van der Waals surface area contributed by atoms with Crippen LogP contribution in [-0.4, -0.2) is 31.8 Å².